The van der Waals surface area contributed by atoms with Crippen molar-refractivity contribution in [1.29, 1.82) is 0 Å². The van der Waals surface area contributed by atoms with E-state index in [1.165, 1.54) is 0 Å². The molecular weight excluding hydrogens is 181 g/mol. The zero-order valence-corrected chi connectivity index (χ0v) is 8.86. The monoisotopic (exact) mass is 197 g/mol. The molecule has 3 unspecified atom stereocenters. The number of terminal acetylenes is 1. The standard InChI is InChI=1S/C11H16FNO/c1-5-10(3,6-2)13-9(14)11(4)7-8(11)12/h1,8H,6-7H2,2-4H3,(H,13,14). The summed E-state index contributed by atoms with van der Waals surface area (Å²) in [5.41, 5.74) is -1.49. The second-order valence-electron chi connectivity index (χ2n) is 4.37. The fourth-order valence-corrected chi connectivity index (χ4v) is 1.17. The lowest BCUT2D eigenvalue weighted by atomic mass is 9.98. The zero-order chi connectivity index (χ0) is 11.0. The van der Waals surface area contributed by atoms with Crippen molar-refractivity contribution in [3.63, 3.8) is 0 Å². The van der Waals surface area contributed by atoms with Gasteiger partial charge in [-0.1, -0.05) is 12.8 Å². The van der Waals surface area contributed by atoms with E-state index in [1.807, 2.05) is 6.92 Å². The average molecular weight is 197 g/mol. The van der Waals surface area contributed by atoms with Crippen LogP contribution in [0.2, 0.25) is 0 Å². The number of rotatable bonds is 3. The Morgan fingerprint density at radius 3 is 2.64 bits per heavy atom. The lowest BCUT2D eigenvalue weighted by molar-refractivity contribution is -0.127. The van der Waals surface area contributed by atoms with Gasteiger partial charge >= 0.3 is 0 Å². The van der Waals surface area contributed by atoms with Gasteiger partial charge in [-0.15, -0.1) is 6.42 Å². The van der Waals surface area contributed by atoms with Gasteiger partial charge in [0.2, 0.25) is 5.91 Å². The number of carbonyl (C=O) groups is 1. The minimum Gasteiger partial charge on any atom is -0.339 e. The predicted molar refractivity (Wildman–Crippen MR) is 53.3 cm³/mol. The third-order valence-corrected chi connectivity index (χ3v) is 3.07. The smallest absolute Gasteiger partial charge is 0.230 e. The second kappa shape index (κ2) is 3.27. The molecule has 0 bridgehead atoms. The van der Waals surface area contributed by atoms with E-state index in [4.69, 9.17) is 6.42 Å². The van der Waals surface area contributed by atoms with E-state index in [-0.39, 0.29) is 5.91 Å². The van der Waals surface area contributed by atoms with Crippen molar-refractivity contribution < 1.29 is 9.18 Å². The third kappa shape index (κ3) is 1.75. The van der Waals surface area contributed by atoms with E-state index in [0.29, 0.717) is 12.8 Å². The van der Waals surface area contributed by atoms with Crippen molar-refractivity contribution in [3.8, 4) is 12.3 Å². The van der Waals surface area contributed by atoms with Crippen LogP contribution in [-0.2, 0) is 4.79 Å². The average Bonchev–Trinajstić information content (AvgIpc) is 2.76. The third-order valence-electron chi connectivity index (χ3n) is 3.07. The molecule has 0 saturated heterocycles. The van der Waals surface area contributed by atoms with E-state index in [2.05, 4.69) is 11.2 Å². The molecule has 1 saturated carbocycles. The largest absolute Gasteiger partial charge is 0.339 e. The van der Waals surface area contributed by atoms with Crippen LogP contribution in [-0.4, -0.2) is 17.6 Å². The normalized spacial score (nSPS) is 34.1. The van der Waals surface area contributed by atoms with Gasteiger partial charge in [0.15, 0.2) is 0 Å². The molecule has 1 aliphatic rings. The number of hydrogen-bond donors (Lipinski definition) is 1. The zero-order valence-electron chi connectivity index (χ0n) is 8.86. The topological polar surface area (TPSA) is 29.1 Å². The first kappa shape index (κ1) is 11.0. The van der Waals surface area contributed by atoms with Gasteiger partial charge in [0.05, 0.1) is 11.0 Å². The van der Waals surface area contributed by atoms with Gasteiger partial charge in [0, 0.05) is 0 Å². The Hall–Kier alpha value is -1.04. The quantitative estimate of drug-likeness (QED) is 0.685. The van der Waals surface area contributed by atoms with Crippen LogP contribution in [0, 0.1) is 17.8 Å². The van der Waals surface area contributed by atoms with Crippen LogP contribution in [0.3, 0.4) is 0 Å². The van der Waals surface area contributed by atoms with Gasteiger partial charge in [-0.25, -0.2) is 4.39 Å². The van der Waals surface area contributed by atoms with E-state index in [0.717, 1.165) is 0 Å². The highest BCUT2D eigenvalue weighted by molar-refractivity contribution is 5.87. The number of hydrogen-bond acceptors (Lipinski definition) is 1. The fourth-order valence-electron chi connectivity index (χ4n) is 1.17. The maximum atomic E-state index is 12.9. The first-order valence-corrected chi connectivity index (χ1v) is 4.82. The Morgan fingerprint density at radius 2 is 2.36 bits per heavy atom. The first-order chi connectivity index (χ1) is 6.38. The van der Waals surface area contributed by atoms with Crippen LogP contribution in [0.25, 0.3) is 0 Å². The summed E-state index contributed by atoms with van der Waals surface area (Å²) in [7, 11) is 0. The predicted octanol–water partition coefficient (Wildman–Crippen LogP) is 1.65. The number of halogens is 1. The molecule has 1 rings (SSSR count). The van der Waals surface area contributed by atoms with Gasteiger partial charge < -0.3 is 5.32 Å². The van der Waals surface area contributed by atoms with Gasteiger partial charge in [0.25, 0.3) is 0 Å². The SMILES string of the molecule is C#CC(C)(CC)NC(=O)C1(C)CC1F. The van der Waals surface area contributed by atoms with Crippen LogP contribution >= 0.6 is 0 Å². The Kier molecular flexibility index (Phi) is 2.58. The molecule has 2 nitrogen and oxygen atoms in total. The van der Waals surface area contributed by atoms with E-state index >= 15 is 0 Å². The van der Waals surface area contributed by atoms with Crippen molar-refractivity contribution in [2.24, 2.45) is 5.41 Å². The van der Waals surface area contributed by atoms with Crippen LogP contribution in [0.15, 0.2) is 0 Å². The molecule has 3 heteroatoms. The van der Waals surface area contributed by atoms with Crippen molar-refractivity contribution in [2.45, 2.75) is 45.3 Å². The van der Waals surface area contributed by atoms with Gasteiger partial charge in [-0.05, 0) is 26.7 Å². The second-order valence-corrected chi connectivity index (χ2v) is 4.37. The molecule has 14 heavy (non-hydrogen) atoms. The Bertz CT molecular complexity index is 296. The Morgan fingerprint density at radius 1 is 1.86 bits per heavy atom. The van der Waals surface area contributed by atoms with Crippen LogP contribution in [0.4, 0.5) is 4.39 Å². The molecule has 3 atom stereocenters. The minimum absolute atomic E-state index is 0.271. The molecule has 1 N–H and O–H groups in total. The van der Waals surface area contributed by atoms with Gasteiger partial charge in [0.1, 0.15) is 6.17 Å². The molecule has 0 spiro atoms. The van der Waals surface area contributed by atoms with E-state index < -0.39 is 17.1 Å². The van der Waals surface area contributed by atoms with E-state index in [1.54, 1.807) is 13.8 Å². The fraction of sp³-hybridized carbons (Fsp3) is 0.727. The highest BCUT2D eigenvalue weighted by Crippen LogP contribution is 2.48. The summed E-state index contributed by atoms with van der Waals surface area (Å²) in [5.74, 6) is 2.25. The molecular formula is C11H16FNO. The minimum atomic E-state index is -1.01. The maximum Gasteiger partial charge on any atom is 0.230 e. The number of nitrogens with one attached hydrogen (secondary N) is 1. The molecule has 78 valence electrons. The summed E-state index contributed by atoms with van der Waals surface area (Å²) in [4.78, 5) is 11.6. The molecule has 0 aromatic rings. The molecule has 0 radical (unpaired) electrons. The van der Waals surface area contributed by atoms with Gasteiger partial charge in [-0.3, -0.25) is 4.79 Å². The maximum absolute atomic E-state index is 12.9. The highest BCUT2D eigenvalue weighted by Gasteiger charge is 2.57. The number of alkyl halides is 1. The molecule has 1 aliphatic carbocycles. The number of carbonyl (C=O) groups excluding carboxylic acids is 1. The van der Waals surface area contributed by atoms with Gasteiger partial charge in [-0.2, -0.15) is 0 Å². The summed E-state index contributed by atoms with van der Waals surface area (Å²) in [6.07, 6.45) is 5.24. The molecule has 0 heterocycles. The molecule has 1 amide bonds. The van der Waals surface area contributed by atoms with Crippen LogP contribution < -0.4 is 5.32 Å². The Balaban J connectivity index is 2.62. The summed E-state index contributed by atoms with van der Waals surface area (Å²) in [6.45, 7) is 5.28. The summed E-state index contributed by atoms with van der Waals surface area (Å²) < 4.78 is 12.9. The lowest BCUT2D eigenvalue weighted by Crippen LogP contribution is -2.47. The summed E-state index contributed by atoms with van der Waals surface area (Å²) in [6, 6.07) is 0. The number of amides is 1. The first-order valence-electron chi connectivity index (χ1n) is 4.82. The Labute approximate surface area is 84.3 Å². The van der Waals surface area contributed by atoms with Crippen LogP contribution in [0.5, 0.6) is 0 Å². The summed E-state index contributed by atoms with van der Waals surface area (Å²) >= 11 is 0. The van der Waals surface area contributed by atoms with Crippen LogP contribution in [0.1, 0.15) is 33.6 Å². The summed E-state index contributed by atoms with van der Waals surface area (Å²) in [5, 5.41) is 2.71. The highest BCUT2D eigenvalue weighted by atomic mass is 19.1. The molecule has 0 aromatic carbocycles. The lowest BCUT2D eigenvalue weighted by Gasteiger charge is -2.25. The molecule has 1 fully saturated rings. The molecule has 0 aromatic heterocycles. The van der Waals surface area contributed by atoms with Crippen molar-refractivity contribution in [3.05, 3.63) is 0 Å². The van der Waals surface area contributed by atoms with Crippen molar-refractivity contribution in [2.75, 3.05) is 0 Å². The van der Waals surface area contributed by atoms with Crippen molar-refractivity contribution in [1.82, 2.24) is 5.32 Å². The van der Waals surface area contributed by atoms with Crippen molar-refractivity contribution >= 4 is 5.91 Å². The van der Waals surface area contributed by atoms with E-state index in [9.17, 15) is 9.18 Å². The molecule has 0 aliphatic heterocycles.